The van der Waals surface area contributed by atoms with Crippen LogP contribution >= 0.6 is 11.6 Å². The molecule has 0 atom stereocenters. The van der Waals surface area contributed by atoms with Crippen LogP contribution in [0.5, 0.6) is 0 Å². The fourth-order valence-corrected chi connectivity index (χ4v) is 3.80. The Bertz CT molecular complexity index is 1050. The maximum absolute atomic E-state index is 11.7. The van der Waals surface area contributed by atoms with Crippen LogP contribution < -0.4 is 15.5 Å². The molecule has 9 heteroatoms. The second-order valence-electron chi connectivity index (χ2n) is 7.73. The van der Waals surface area contributed by atoms with Crippen molar-refractivity contribution in [2.45, 2.75) is 6.54 Å². The van der Waals surface area contributed by atoms with Crippen molar-refractivity contribution in [3.8, 4) is 11.1 Å². The minimum absolute atomic E-state index is 0.00989. The largest absolute Gasteiger partial charge is 0.353 e. The summed E-state index contributed by atoms with van der Waals surface area (Å²) in [6.07, 6.45) is 5.38. The van der Waals surface area contributed by atoms with Crippen molar-refractivity contribution in [1.29, 1.82) is 0 Å². The Morgan fingerprint density at radius 3 is 2.38 bits per heavy atom. The van der Waals surface area contributed by atoms with E-state index < -0.39 is 0 Å². The average Bonchev–Trinajstić information content (AvgIpc) is 2.84. The van der Waals surface area contributed by atoms with Gasteiger partial charge < -0.3 is 20.4 Å². The molecule has 2 N–H and O–H groups in total. The molecule has 8 nitrogen and oxygen atoms in total. The zero-order chi connectivity index (χ0) is 22.5. The smallest absolute Gasteiger partial charge is 0.236 e. The Morgan fingerprint density at radius 2 is 1.72 bits per heavy atom. The summed E-state index contributed by atoms with van der Waals surface area (Å²) in [5.74, 6) is 1.57. The molecule has 1 aliphatic heterocycles. The first kappa shape index (κ1) is 22.0. The number of hydrogen-bond acceptors (Lipinski definition) is 7. The molecule has 0 radical (unpaired) electrons. The molecule has 0 bridgehead atoms. The van der Waals surface area contributed by atoms with Gasteiger partial charge >= 0.3 is 0 Å². The highest BCUT2D eigenvalue weighted by atomic mass is 35.5. The second-order valence-corrected chi connectivity index (χ2v) is 8.17. The number of likely N-dealkylation sites (N-methyl/N-ethyl adjacent to an activating group) is 1. The number of nitrogens with two attached hydrogens (primary N) is 1. The van der Waals surface area contributed by atoms with Crippen LogP contribution in [0.4, 0.5) is 11.8 Å². The van der Waals surface area contributed by atoms with Gasteiger partial charge in [0.1, 0.15) is 5.82 Å². The molecular formula is C23H26ClN7O. The van der Waals surface area contributed by atoms with Gasteiger partial charge in [-0.2, -0.15) is 0 Å². The predicted molar refractivity (Wildman–Crippen MR) is 127 cm³/mol. The lowest BCUT2D eigenvalue weighted by atomic mass is 10.1. The summed E-state index contributed by atoms with van der Waals surface area (Å²) in [4.78, 5) is 31.4. The molecule has 2 aromatic heterocycles. The highest BCUT2D eigenvalue weighted by Gasteiger charge is 2.20. The zero-order valence-corrected chi connectivity index (χ0v) is 18.7. The van der Waals surface area contributed by atoms with Gasteiger partial charge in [0.15, 0.2) is 0 Å². The van der Waals surface area contributed by atoms with Gasteiger partial charge in [0, 0.05) is 63.9 Å². The number of halogens is 1. The number of carbonyl (C=O) groups excluding carboxylic acids is 1. The summed E-state index contributed by atoms with van der Waals surface area (Å²) in [5, 5.41) is 0.641. The molecule has 1 fully saturated rings. The molecule has 32 heavy (non-hydrogen) atoms. The number of aromatic nitrogens is 3. The van der Waals surface area contributed by atoms with E-state index in [1.807, 2.05) is 42.7 Å². The number of hydrogen-bond donors (Lipinski definition) is 1. The monoisotopic (exact) mass is 451 g/mol. The van der Waals surface area contributed by atoms with Gasteiger partial charge in [-0.25, -0.2) is 15.0 Å². The third kappa shape index (κ3) is 5.15. The maximum atomic E-state index is 11.7. The summed E-state index contributed by atoms with van der Waals surface area (Å²) < 4.78 is 0. The van der Waals surface area contributed by atoms with Crippen molar-refractivity contribution < 1.29 is 4.79 Å². The van der Waals surface area contributed by atoms with Crippen LogP contribution in [0.25, 0.3) is 11.1 Å². The van der Waals surface area contributed by atoms with Crippen molar-refractivity contribution in [2.75, 3.05) is 49.6 Å². The van der Waals surface area contributed by atoms with Crippen LogP contribution in [0, 0.1) is 0 Å². The van der Waals surface area contributed by atoms with Crippen molar-refractivity contribution in [1.82, 2.24) is 19.9 Å². The van der Waals surface area contributed by atoms with Gasteiger partial charge in [-0.1, -0.05) is 29.8 Å². The fraction of sp³-hybridized carbons (Fsp3) is 0.304. The molecule has 0 saturated carbocycles. The highest BCUT2D eigenvalue weighted by Crippen LogP contribution is 2.22. The fourth-order valence-electron chi connectivity index (χ4n) is 3.69. The van der Waals surface area contributed by atoms with Crippen LogP contribution in [0.1, 0.15) is 5.56 Å². The number of pyridine rings is 1. The highest BCUT2D eigenvalue weighted by molar-refractivity contribution is 6.30. The molecule has 0 spiro atoms. The van der Waals surface area contributed by atoms with E-state index in [0.717, 1.165) is 54.6 Å². The molecule has 1 amide bonds. The van der Waals surface area contributed by atoms with E-state index in [1.54, 1.807) is 18.1 Å². The third-order valence-electron chi connectivity index (χ3n) is 5.52. The summed E-state index contributed by atoms with van der Waals surface area (Å²) in [5.41, 5.74) is 8.43. The normalized spacial score (nSPS) is 13.8. The van der Waals surface area contributed by atoms with Gasteiger partial charge in [-0.15, -0.1) is 0 Å². The zero-order valence-electron chi connectivity index (χ0n) is 18.0. The Labute approximate surface area is 192 Å². The first-order valence-corrected chi connectivity index (χ1v) is 10.9. The lowest BCUT2D eigenvalue weighted by molar-refractivity contribution is -0.128. The number of carbonyl (C=O) groups is 1. The Kier molecular flexibility index (Phi) is 6.82. The van der Waals surface area contributed by atoms with E-state index in [9.17, 15) is 4.79 Å². The SMILES string of the molecule is CN(Cc1cccc(-c2cnc(N3CCN(c4ccc(Cl)cn4)CC3)nc2)c1)C(=O)CN. The summed E-state index contributed by atoms with van der Waals surface area (Å²) >= 11 is 5.93. The number of nitrogens with zero attached hydrogens (tertiary/aromatic N) is 6. The lowest BCUT2D eigenvalue weighted by Crippen LogP contribution is -2.47. The van der Waals surface area contributed by atoms with E-state index in [-0.39, 0.29) is 12.5 Å². The molecule has 0 unspecified atom stereocenters. The van der Waals surface area contributed by atoms with Crippen molar-refractivity contribution >= 4 is 29.3 Å². The quantitative estimate of drug-likeness (QED) is 0.615. The molecule has 1 saturated heterocycles. The predicted octanol–water partition coefficient (Wildman–Crippen LogP) is 2.44. The third-order valence-corrected chi connectivity index (χ3v) is 5.74. The summed E-state index contributed by atoms with van der Waals surface area (Å²) in [7, 11) is 1.75. The van der Waals surface area contributed by atoms with Crippen molar-refractivity contribution in [3.63, 3.8) is 0 Å². The first-order valence-electron chi connectivity index (χ1n) is 10.5. The van der Waals surface area contributed by atoms with Crippen LogP contribution in [0.15, 0.2) is 55.0 Å². The summed E-state index contributed by atoms with van der Waals surface area (Å²) in [6.45, 7) is 3.85. The molecule has 1 aromatic carbocycles. The van der Waals surface area contributed by atoms with E-state index in [2.05, 4.69) is 30.8 Å². The number of anilines is 2. The molecule has 3 aromatic rings. The maximum Gasteiger partial charge on any atom is 0.236 e. The van der Waals surface area contributed by atoms with E-state index in [4.69, 9.17) is 17.3 Å². The number of piperazine rings is 1. The molecular weight excluding hydrogens is 426 g/mol. The molecule has 0 aliphatic carbocycles. The van der Waals surface area contributed by atoms with Gasteiger partial charge in [0.2, 0.25) is 11.9 Å². The van der Waals surface area contributed by atoms with Crippen LogP contribution in [0.3, 0.4) is 0 Å². The second kappa shape index (κ2) is 9.93. The lowest BCUT2D eigenvalue weighted by Gasteiger charge is -2.35. The van der Waals surface area contributed by atoms with E-state index in [1.165, 1.54) is 0 Å². The van der Waals surface area contributed by atoms with Crippen molar-refractivity contribution in [3.05, 3.63) is 65.6 Å². The van der Waals surface area contributed by atoms with Crippen LogP contribution in [0.2, 0.25) is 5.02 Å². The van der Waals surface area contributed by atoms with Crippen molar-refractivity contribution in [2.24, 2.45) is 5.73 Å². The minimum Gasteiger partial charge on any atom is -0.353 e. The number of amides is 1. The first-order chi connectivity index (χ1) is 15.5. The van der Waals surface area contributed by atoms with Gasteiger partial charge in [0.25, 0.3) is 0 Å². The number of benzene rings is 1. The Balaban J connectivity index is 1.39. The molecule has 4 rings (SSSR count). The molecule has 3 heterocycles. The van der Waals surface area contributed by atoms with Gasteiger partial charge in [-0.05, 0) is 29.3 Å². The van der Waals surface area contributed by atoms with Gasteiger partial charge in [0.05, 0.1) is 11.6 Å². The standard InChI is InChI=1S/C23H26ClN7O/c1-29(22(32)12-25)16-17-3-2-4-18(11-17)19-13-27-23(28-14-19)31-9-7-30(8-10-31)21-6-5-20(24)15-26-21/h2-6,11,13-15H,7-10,12,16,25H2,1H3. The average molecular weight is 452 g/mol. The molecule has 166 valence electrons. The van der Waals surface area contributed by atoms with Crippen LogP contribution in [-0.2, 0) is 11.3 Å². The van der Waals surface area contributed by atoms with E-state index in [0.29, 0.717) is 11.6 Å². The Morgan fingerprint density at radius 1 is 1.00 bits per heavy atom. The van der Waals surface area contributed by atoms with Gasteiger partial charge in [-0.3, -0.25) is 4.79 Å². The minimum atomic E-state index is -0.0879. The number of rotatable bonds is 6. The molecule has 1 aliphatic rings. The summed E-state index contributed by atoms with van der Waals surface area (Å²) in [6, 6.07) is 11.8. The van der Waals surface area contributed by atoms with E-state index >= 15 is 0 Å². The Hall–Kier alpha value is -3.23. The topological polar surface area (TPSA) is 91.5 Å². The van der Waals surface area contributed by atoms with Crippen LogP contribution in [-0.4, -0.2) is 65.5 Å².